The molecule has 0 aromatic heterocycles. The topological polar surface area (TPSA) is 32.3 Å². The van der Waals surface area contributed by atoms with E-state index >= 15 is 0 Å². The Kier molecular flexibility index (Phi) is 7.06. The normalized spacial score (nSPS) is 19.1. The van der Waals surface area contributed by atoms with Crippen LogP contribution in [0.3, 0.4) is 0 Å². The number of nitrogens with zero attached hydrogens (tertiary/aromatic N) is 1. The molecule has 0 saturated carbocycles. The second kappa shape index (κ2) is 9.51. The van der Waals surface area contributed by atoms with Gasteiger partial charge in [0.05, 0.1) is 11.3 Å². The first kappa shape index (κ1) is 20.8. The van der Waals surface area contributed by atoms with Crippen molar-refractivity contribution in [1.29, 1.82) is 0 Å². The molecule has 0 aliphatic carbocycles. The minimum absolute atomic E-state index is 0.00268. The average molecular weight is 397 g/mol. The van der Waals surface area contributed by atoms with Crippen molar-refractivity contribution >= 4 is 23.4 Å². The molecule has 2 aromatic rings. The largest absolute Gasteiger partial charge is 0.371 e. The molecule has 1 N–H and O–H groups in total. The zero-order valence-corrected chi connectivity index (χ0v) is 18.3. The zero-order chi connectivity index (χ0) is 20.1. The zero-order valence-electron chi connectivity index (χ0n) is 17.4. The van der Waals surface area contributed by atoms with Crippen molar-refractivity contribution in [3.05, 3.63) is 59.7 Å². The second-order valence-corrected chi connectivity index (χ2v) is 9.50. The molecule has 0 bridgehead atoms. The van der Waals surface area contributed by atoms with Gasteiger partial charge < -0.3 is 10.2 Å². The molecule has 1 aliphatic rings. The quantitative estimate of drug-likeness (QED) is 0.646. The number of aryl methyl sites for hydroxylation is 1. The maximum atomic E-state index is 12.6. The molecule has 0 unspecified atom stereocenters. The third-order valence-electron chi connectivity index (χ3n) is 5.48. The van der Waals surface area contributed by atoms with Crippen molar-refractivity contribution in [2.75, 3.05) is 18.0 Å². The lowest BCUT2D eigenvalue weighted by Gasteiger charge is -2.33. The highest BCUT2D eigenvalue weighted by atomic mass is 32.2. The number of benzene rings is 2. The lowest BCUT2D eigenvalue weighted by Crippen LogP contribution is -2.34. The molecule has 3 atom stereocenters. The summed E-state index contributed by atoms with van der Waals surface area (Å²) in [6, 6.07) is 17.0. The summed E-state index contributed by atoms with van der Waals surface area (Å²) in [5, 5.41) is 3.03. The number of thioether (sulfide) groups is 1. The highest BCUT2D eigenvalue weighted by Gasteiger charge is 2.19. The Bertz CT molecular complexity index is 772. The molecule has 4 heteroatoms. The number of amides is 1. The Labute approximate surface area is 173 Å². The Hall–Kier alpha value is -1.94. The maximum Gasteiger partial charge on any atom is 0.233 e. The second-order valence-electron chi connectivity index (χ2n) is 8.09. The van der Waals surface area contributed by atoms with Crippen molar-refractivity contribution in [2.45, 2.75) is 56.7 Å². The van der Waals surface area contributed by atoms with Crippen molar-refractivity contribution < 1.29 is 4.79 Å². The molecule has 0 radical (unpaired) electrons. The summed E-state index contributed by atoms with van der Waals surface area (Å²) in [6.07, 6.45) is 2.60. The van der Waals surface area contributed by atoms with Gasteiger partial charge in [0, 0.05) is 23.7 Å². The van der Waals surface area contributed by atoms with Gasteiger partial charge in [0.15, 0.2) is 0 Å². The summed E-state index contributed by atoms with van der Waals surface area (Å²) in [5.41, 5.74) is 3.67. The van der Waals surface area contributed by atoms with Crippen molar-refractivity contribution in [2.24, 2.45) is 5.92 Å². The van der Waals surface area contributed by atoms with Crippen LogP contribution in [0.25, 0.3) is 0 Å². The van der Waals surface area contributed by atoms with E-state index in [9.17, 15) is 4.79 Å². The van der Waals surface area contributed by atoms with Gasteiger partial charge in [0.25, 0.3) is 0 Å². The first-order valence-corrected chi connectivity index (χ1v) is 11.2. The highest BCUT2D eigenvalue weighted by Crippen LogP contribution is 2.26. The number of piperidine rings is 1. The van der Waals surface area contributed by atoms with Gasteiger partial charge in [-0.25, -0.2) is 0 Å². The molecule has 1 fully saturated rings. The van der Waals surface area contributed by atoms with E-state index in [0.29, 0.717) is 0 Å². The van der Waals surface area contributed by atoms with Crippen molar-refractivity contribution in [3.8, 4) is 0 Å². The van der Waals surface area contributed by atoms with E-state index < -0.39 is 0 Å². The van der Waals surface area contributed by atoms with Crippen LogP contribution in [-0.2, 0) is 4.79 Å². The Morgan fingerprint density at radius 1 is 1.11 bits per heavy atom. The summed E-state index contributed by atoms with van der Waals surface area (Å²) in [5.74, 6) is 0.839. The Balaban J connectivity index is 1.55. The van der Waals surface area contributed by atoms with E-state index in [4.69, 9.17) is 0 Å². The van der Waals surface area contributed by atoms with Crippen molar-refractivity contribution in [3.63, 3.8) is 0 Å². The number of hydrogen-bond acceptors (Lipinski definition) is 3. The molecule has 3 nitrogen and oxygen atoms in total. The standard InChI is InChI=1S/C24H32N2OS/c1-17-7-13-23(14-8-17)28-20(4)24(27)25-19(3)21-9-11-22(12-10-21)26-15-5-6-18(2)16-26/h7-14,18-20H,5-6,15-16H2,1-4H3,(H,25,27)/t18-,19-,20+/m0/s1. The smallest absolute Gasteiger partial charge is 0.233 e. The molecule has 3 rings (SSSR count). The van der Waals surface area contributed by atoms with E-state index in [2.05, 4.69) is 79.5 Å². The van der Waals surface area contributed by atoms with E-state index in [-0.39, 0.29) is 17.2 Å². The lowest BCUT2D eigenvalue weighted by molar-refractivity contribution is -0.120. The van der Waals surface area contributed by atoms with Crippen LogP contribution < -0.4 is 10.2 Å². The molecular formula is C24H32N2OS. The molecule has 2 aromatic carbocycles. The van der Waals surface area contributed by atoms with Crippen LogP contribution in [0.4, 0.5) is 5.69 Å². The summed E-state index contributed by atoms with van der Waals surface area (Å²) >= 11 is 1.60. The Morgan fingerprint density at radius 2 is 1.79 bits per heavy atom. The van der Waals surface area contributed by atoms with Crippen LogP contribution in [0.2, 0.25) is 0 Å². The minimum atomic E-state index is -0.126. The molecule has 28 heavy (non-hydrogen) atoms. The summed E-state index contributed by atoms with van der Waals surface area (Å²) < 4.78 is 0. The van der Waals surface area contributed by atoms with Gasteiger partial charge in [-0.2, -0.15) is 0 Å². The SMILES string of the molecule is Cc1ccc(S[C@H](C)C(=O)N[C@@H](C)c2ccc(N3CCC[C@H](C)C3)cc2)cc1. The first-order valence-electron chi connectivity index (χ1n) is 10.3. The number of anilines is 1. The molecule has 1 heterocycles. The summed E-state index contributed by atoms with van der Waals surface area (Å²) in [7, 11) is 0. The number of rotatable bonds is 6. The molecule has 1 saturated heterocycles. The number of carbonyl (C=O) groups is 1. The van der Waals surface area contributed by atoms with E-state index in [1.165, 1.54) is 24.1 Å². The third kappa shape index (κ3) is 5.54. The van der Waals surface area contributed by atoms with Gasteiger partial charge in [0.1, 0.15) is 0 Å². The maximum absolute atomic E-state index is 12.6. The van der Waals surface area contributed by atoms with Gasteiger partial charge in [-0.15, -0.1) is 11.8 Å². The third-order valence-corrected chi connectivity index (χ3v) is 6.59. The van der Waals surface area contributed by atoms with E-state index in [1.54, 1.807) is 11.8 Å². The van der Waals surface area contributed by atoms with Crippen LogP contribution in [-0.4, -0.2) is 24.2 Å². The van der Waals surface area contributed by atoms with Crippen molar-refractivity contribution in [1.82, 2.24) is 5.32 Å². The number of nitrogens with one attached hydrogen (secondary N) is 1. The fraction of sp³-hybridized carbons (Fsp3) is 0.458. The number of carbonyl (C=O) groups excluding carboxylic acids is 1. The van der Waals surface area contributed by atoms with Crippen LogP contribution in [0, 0.1) is 12.8 Å². The fourth-order valence-electron chi connectivity index (χ4n) is 3.69. The highest BCUT2D eigenvalue weighted by molar-refractivity contribution is 8.00. The first-order chi connectivity index (χ1) is 13.4. The average Bonchev–Trinajstić information content (AvgIpc) is 2.69. The predicted molar refractivity (Wildman–Crippen MR) is 120 cm³/mol. The fourth-order valence-corrected chi connectivity index (χ4v) is 4.56. The summed E-state index contributed by atoms with van der Waals surface area (Å²) in [4.78, 5) is 16.2. The molecular weight excluding hydrogens is 364 g/mol. The lowest BCUT2D eigenvalue weighted by atomic mass is 9.99. The van der Waals surface area contributed by atoms with Gasteiger partial charge in [0.2, 0.25) is 5.91 Å². The monoisotopic (exact) mass is 396 g/mol. The van der Waals surface area contributed by atoms with Gasteiger partial charge in [-0.05, 0) is 69.4 Å². The molecule has 0 spiro atoms. The molecule has 1 amide bonds. The van der Waals surface area contributed by atoms with Gasteiger partial charge >= 0.3 is 0 Å². The van der Waals surface area contributed by atoms with Crippen LogP contribution in [0.15, 0.2) is 53.4 Å². The van der Waals surface area contributed by atoms with Gasteiger partial charge in [-0.3, -0.25) is 4.79 Å². The van der Waals surface area contributed by atoms with Gasteiger partial charge in [-0.1, -0.05) is 36.8 Å². The van der Waals surface area contributed by atoms with Crippen LogP contribution >= 0.6 is 11.8 Å². The summed E-state index contributed by atoms with van der Waals surface area (Å²) in [6.45, 7) is 10.7. The predicted octanol–water partition coefficient (Wildman–Crippen LogP) is 5.59. The number of hydrogen-bond donors (Lipinski definition) is 1. The molecule has 150 valence electrons. The van der Waals surface area contributed by atoms with Crippen LogP contribution in [0.5, 0.6) is 0 Å². The van der Waals surface area contributed by atoms with E-state index in [0.717, 1.165) is 29.5 Å². The van der Waals surface area contributed by atoms with Crippen LogP contribution in [0.1, 0.15) is 50.8 Å². The molecule has 1 aliphatic heterocycles. The Morgan fingerprint density at radius 3 is 2.43 bits per heavy atom. The van der Waals surface area contributed by atoms with E-state index in [1.807, 2.05) is 6.92 Å². The minimum Gasteiger partial charge on any atom is -0.371 e.